The first kappa shape index (κ1) is 16.0. The summed E-state index contributed by atoms with van der Waals surface area (Å²) >= 11 is 3.36. The van der Waals surface area contributed by atoms with Crippen LogP contribution < -0.4 is 10.1 Å². The van der Waals surface area contributed by atoms with Gasteiger partial charge in [-0.05, 0) is 43.3 Å². The van der Waals surface area contributed by atoms with Crippen molar-refractivity contribution >= 4 is 15.9 Å². The number of hydrogen-bond donors (Lipinski definition) is 1. The van der Waals surface area contributed by atoms with E-state index in [4.69, 9.17) is 4.74 Å². The molecule has 0 amide bonds. The zero-order chi connectivity index (χ0) is 15.4. The smallest absolute Gasteiger partial charge is 0.124 e. The molecule has 1 atom stereocenters. The minimum Gasteiger partial charge on any atom is -0.496 e. The van der Waals surface area contributed by atoms with Crippen LogP contribution >= 0.6 is 15.9 Å². The Balaban J connectivity index is 2.55. The summed E-state index contributed by atoms with van der Waals surface area (Å²) in [4.78, 5) is 0. The summed E-state index contributed by atoms with van der Waals surface area (Å²) in [6, 6.07) is 10.9. The van der Waals surface area contributed by atoms with Crippen LogP contribution in [0.3, 0.4) is 0 Å². The van der Waals surface area contributed by atoms with Crippen LogP contribution in [-0.4, -0.2) is 13.7 Å². The van der Waals surface area contributed by atoms with E-state index in [1.165, 1.54) is 6.07 Å². The molecule has 0 aromatic heterocycles. The van der Waals surface area contributed by atoms with Gasteiger partial charge in [0, 0.05) is 10.0 Å². The van der Waals surface area contributed by atoms with E-state index in [0.717, 1.165) is 33.5 Å². The van der Waals surface area contributed by atoms with Crippen molar-refractivity contribution in [1.29, 1.82) is 0 Å². The minimum absolute atomic E-state index is 0.114. The quantitative estimate of drug-likeness (QED) is 0.849. The summed E-state index contributed by atoms with van der Waals surface area (Å²) in [5.41, 5.74) is 3.02. The van der Waals surface area contributed by atoms with E-state index in [1.807, 2.05) is 32.0 Å². The lowest BCUT2D eigenvalue weighted by Gasteiger charge is -2.22. The highest BCUT2D eigenvalue weighted by Crippen LogP contribution is 2.32. The summed E-state index contributed by atoms with van der Waals surface area (Å²) in [6.07, 6.45) is 0. The van der Waals surface area contributed by atoms with Gasteiger partial charge in [0.2, 0.25) is 0 Å². The van der Waals surface area contributed by atoms with Crippen molar-refractivity contribution in [1.82, 2.24) is 5.32 Å². The van der Waals surface area contributed by atoms with Crippen LogP contribution in [0.1, 0.15) is 29.7 Å². The third-order valence-corrected chi connectivity index (χ3v) is 3.78. The minimum atomic E-state index is -0.256. The standard InChI is InChI=1S/C17H19BrFNO/c1-4-20-17(12-8-13(18)10-14(19)9-12)15-7-11(2)5-6-16(15)21-3/h5-10,17,20H,4H2,1-3H3. The van der Waals surface area contributed by atoms with Gasteiger partial charge in [0.05, 0.1) is 13.2 Å². The van der Waals surface area contributed by atoms with Gasteiger partial charge < -0.3 is 10.1 Å². The molecule has 0 radical (unpaired) electrons. The maximum Gasteiger partial charge on any atom is 0.124 e. The van der Waals surface area contributed by atoms with Crippen LogP contribution in [0, 0.1) is 12.7 Å². The lowest BCUT2D eigenvalue weighted by Crippen LogP contribution is -2.22. The molecule has 0 saturated carbocycles. The van der Waals surface area contributed by atoms with Crippen molar-refractivity contribution in [3.05, 3.63) is 63.4 Å². The molecule has 21 heavy (non-hydrogen) atoms. The number of rotatable bonds is 5. The number of hydrogen-bond acceptors (Lipinski definition) is 2. The van der Waals surface area contributed by atoms with Crippen LogP contribution in [0.2, 0.25) is 0 Å². The van der Waals surface area contributed by atoms with E-state index in [-0.39, 0.29) is 11.9 Å². The highest BCUT2D eigenvalue weighted by atomic mass is 79.9. The summed E-state index contributed by atoms with van der Waals surface area (Å²) in [5, 5.41) is 3.40. The Morgan fingerprint density at radius 2 is 2.00 bits per heavy atom. The van der Waals surface area contributed by atoms with Gasteiger partial charge in [0.25, 0.3) is 0 Å². The highest BCUT2D eigenvalue weighted by Gasteiger charge is 2.18. The summed E-state index contributed by atoms with van der Waals surface area (Å²) in [6.45, 7) is 4.84. The molecule has 0 aliphatic rings. The van der Waals surface area contributed by atoms with Gasteiger partial charge in [-0.15, -0.1) is 0 Å². The highest BCUT2D eigenvalue weighted by molar-refractivity contribution is 9.10. The fraction of sp³-hybridized carbons (Fsp3) is 0.294. The van der Waals surface area contributed by atoms with E-state index in [1.54, 1.807) is 13.2 Å². The number of halogens is 2. The van der Waals surface area contributed by atoms with Gasteiger partial charge in [0.15, 0.2) is 0 Å². The monoisotopic (exact) mass is 351 g/mol. The molecule has 0 saturated heterocycles. The van der Waals surface area contributed by atoms with Gasteiger partial charge in [0.1, 0.15) is 11.6 Å². The SMILES string of the molecule is CCNC(c1cc(F)cc(Br)c1)c1cc(C)ccc1OC. The van der Waals surface area contributed by atoms with Crippen LogP contribution in [0.15, 0.2) is 40.9 Å². The second kappa shape index (κ2) is 7.05. The molecule has 112 valence electrons. The molecule has 2 aromatic rings. The number of methoxy groups -OCH3 is 1. The molecule has 0 bridgehead atoms. The van der Waals surface area contributed by atoms with E-state index in [2.05, 4.69) is 27.3 Å². The fourth-order valence-corrected chi connectivity index (χ4v) is 2.92. The normalized spacial score (nSPS) is 12.2. The van der Waals surface area contributed by atoms with Crippen molar-refractivity contribution < 1.29 is 9.13 Å². The largest absolute Gasteiger partial charge is 0.496 e. The van der Waals surface area contributed by atoms with Crippen LogP contribution in [-0.2, 0) is 0 Å². The summed E-state index contributed by atoms with van der Waals surface area (Å²) < 4.78 is 19.9. The van der Waals surface area contributed by atoms with E-state index in [9.17, 15) is 4.39 Å². The Hall–Kier alpha value is -1.39. The summed E-state index contributed by atoms with van der Waals surface area (Å²) in [5.74, 6) is 0.542. The van der Waals surface area contributed by atoms with Gasteiger partial charge in [-0.1, -0.05) is 40.5 Å². The fourth-order valence-electron chi connectivity index (χ4n) is 2.43. The first-order valence-corrected chi connectivity index (χ1v) is 7.68. The molecular weight excluding hydrogens is 333 g/mol. The van der Waals surface area contributed by atoms with Crippen molar-refractivity contribution in [3.8, 4) is 5.75 Å². The van der Waals surface area contributed by atoms with Crippen molar-refractivity contribution in [2.24, 2.45) is 0 Å². The van der Waals surface area contributed by atoms with E-state index < -0.39 is 0 Å². The first-order valence-electron chi connectivity index (χ1n) is 6.89. The molecule has 2 rings (SSSR count). The maximum absolute atomic E-state index is 13.7. The van der Waals surface area contributed by atoms with Gasteiger partial charge in [-0.25, -0.2) is 4.39 Å². The molecule has 2 aromatic carbocycles. The Bertz CT molecular complexity index is 610. The van der Waals surface area contributed by atoms with Crippen LogP contribution in [0.25, 0.3) is 0 Å². The Morgan fingerprint density at radius 3 is 2.62 bits per heavy atom. The first-order chi connectivity index (χ1) is 10.0. The lowest BCUT2D eigenvalue weighted by molar-refractivity contribution is 0.404. The third-order valence-electron chi connectivity index (χ3n) is 3.32. The summed E-state index contributed by atoms with van der Waals surface area (Å²) in [7, 11) is 1.65. The number of nitrogens with one attached hydrogen (secondary N) is 1. The van der Waals surface area contributed by atoms with Gasteiger partial charge in [-0.3, -0.25) is 0 Å². The molecule has 0 aliphatic carbocycles. The van der Waals surface area contributed by atoms with Crippen molar-refractivity contribution in [2.45, 2.75) is 19.9 Å². The average Bonchev–Trinajstić information content (AvgIpc) is 2.43. The van der Waals surface area contributed by atoms with Crippen LogP contribution in [0.5, 0.6) is 5.75 Å². The molecule has 2 nitrogen and oxygen atoms in total. The van der Waals surface area contributed by atoms with Crippen LogP contribution in [0.4, 0.5) is 4.39 Å². The zero-order valence-electron chi connectivity index (χ0n) is 12.4. The van der Waals surface area contributed by atoms with Crippen molar-refractivity contribution in [2.75, 3.05) is 13.7 Å². The Morgan fingerprint density at radius 1 is 1.24 bits per heavy atom. The third kappa shape index (κ3) is 3.83. The number of aryl methyl sites for hydroxylation is 1. The van der Waals surface area contributed by atoms with E-state index in [0.29, 0.717) is 0 Å². The van der Waals surface area contributed by atoms with Crippen molar-refractivity contribution in [3.63, 3.8) is 0 Å². The van der Waals surface area contributed by atoms with Gasteiger partial charge in [-0.2, -0.15) is 0 Å². The Labute approximate surface area is 133 Å². The van der Waals surface area contributed by atoms with Gasteiger partial charge >= 0.3 is 0 Å². The zero-order valence-corrected chi connectivity index (χ0v) is 14.0. The number of benzene rings is 2. The van der Waals surface area contributed by atoms with E-state index >= 15 is 0 Å². The molecule has 0 spiro atoms. The second-order valence-corrected chi connectivity index (χ2v) is 5.85. The number of ether oxygens (including phenoxy) is 1. The predicted octanol–water partition coefficient (Wildman–Crippen LogP) is 4.60. The molecule has 0 aliphatic heterocycles. The second-order valence-electron chi connectivity index (χ2n) is 4.94. The average molecular weight is 352 g/mol. The molecule has 1 N–H and O–H groups in total. The molecule has 0 heterocycles. The molecule has 1 unspecified atom stereocenters. The Kier molecular flexibility index (Phi) is 5.37. The molecule has 0 fully saturated rings. The lowest BCUT2D eigenvalue weighted by atomic mass is 9.96. The predicted molar refractivity (Wildman–Crippen MR) is 87.4 cm³/mol. The molecular formula is C17H19BrFNO. The maximum atomic E-state index is 13.7. The molecule has 4 heteroatoms. The topological polar surface area (TPSA) is 21.3 Å².